The Morgan fingerprint density at radius 3 is 2.50 bits per heavy atom. The predicted octanol–water partition coefficient (Wildman–Crippen LogP) is 3.19. The van der Waals surface area contributed by atoms with Gasteiger partial charge in [0.05, 0.1) is 5.69 Å². The zero-order chi connectivity index (χ0) is 12.2. The Bertz CT molecular complexity index is 507. The second-order valence-corrected chi connectivity index (χ2v) is 4.30. The fourth-order valence-electron chi connectivity index (χ4n) is 2.12. The quantitative estimate of drug-likeness (QED) is 0.891. The number of nitrogens with one attached hydrogen (secondary N) is 1. The van der Waals surface area contributed by atoms with Crippen LogP contribution >= 0.6 is 0 Å². The molecule has 1 heterocycles. The molecule has 0 atom stereocenters. The van der Waals surface area contributed by atoms with E-state index in [-0.39, 0.29) is 0 Å². The molecule has 1 saturated heterocycles. The van der Waals surface area contributed by atoms with E-state index in [1.807, 2.05) is 48.5 Å². The van der Waals surface area contributed by atoms with Crippen LogP contribution in [-0.2, 0) is 0 Å². The Morgan fingerprint density at radius 1 is 0.944 bits per heavy atom. The second-order valence-electron chi connectivity index (χ2n) is 4.30. The maximum Gasteiger partial charge on any atom is 0.152 e. The van der Waals surface area contributed by atoms with Crippen molar-refractivity contribution in [3.8, 4) is 11.5 Å². The molecule has 3 heteroatoms. The molecule has 2 aromatic rings. The summed E-state index contributed by atoms with van der Waals surface area (Å²) in [7, 11) is 0. The van der Waals surface area contributed by atoms with Crippen LogP contribution in [0, 0.1) is 0 Å². The van der Waals surface area contributed by atoms with Gasteiger partial charge in [-0.1, -0.05) is 30.3 Å². The minimum atomic E-state index is 0.865. The lowest BCUT2D eigenvalue weighted by Crippen LogP contribution is -2.30. The molecule has 92 valence electrons. The summed E-state index contributed by atoms with van der Waals surface area (Å²) in [4.78, 5) is 0. The average molecular weight is 240 g/mol. The van der Waals surface area contributed by atoms with Gasteiger partial charge in [0, 0.05) is 13.1 Å². The average Bonchev–Trinajstić information content (AvgIpc) is 2.94. The summed E-state index contributed by atoms with van der Waals surface area (Å²) in [5.74, 6) is 1.75. The van der Waals surface area contributed by atoms with Gasteiger partial charge in [-0.2, -0.15) is 0 Å². The van der Waals surface area contributed by atoms with Crippen molar-refractivity contribution in [3.05, 3.63) is 54.6 Å². The number of hydrogen-bond donors (Lipinski definition) is 1. The molecule has 3 rings (SSSR count). The van der Waals surface area contributed by atoms with E-state index >= 15 is 0 Å². The maximum atomic E-state index is 5.94. The number of para-hydroxylation sites is 3. The predicted molar refractivity (Wildman–Crippen MR) is 72.9 cm³/mol. The number of anilines is 1. The van der Waals surface area contributed by atoms with E-state index in [9.17, 15) is 0 Å². The zero-order valence-electron chi connectivity index (χ0n) is 10.2. The van der Waals surface area contributed by atoms with E-state index in [1.54, 1.807) is 0 Å². The first-order valence-electron chi connectivity index (χ1n) is 6.26. The van der Waals surface area contributed by atoms with Gasteiger partial charge in [-0.15, -0.1) is 0 Å². The van der Waals surface area contributed by atoms with Gasteiger partial charge in [0.15, 0.2) is 5.75 Å². The molecule has 1 aliphatic rings. The van der Waals surface area contributed by atoms with Crippen molar-refractivity contribution < 1.29 is 4.74 Å². The van der Waals surface area contributed by atoms with Crippen LogP contribution in [0.2, 0.25) is 0 Å². The lowest BCUT2D eigenvalue weighted by molar-refractivity contribution is 0.481. The number of hydrazine groups is 1. The largest absolute Gasteiger partial charge is 0.455 e. The van der Waals surface area contributed by atoms with Gasteiger partial charge < -0.3 is 9.75 Å². The number of ether oxygens (including phenoxy) is 1. The Hall–Kier alpha value is -2.00. The van der Waals surface area contributed by atoms with Gasteiger partial charge in [0.2, 0.25) is 0 Å². The van der Waals surface area contributed by atoms with Crippen molar-refractivity contribution >= 4 is 5.69 Å². The van der Waals surface area contributed by atoms with Gasteiger partial charge in [-0.25, -0.2) is 5.43 Å². The molecule has 1 N–H and O–H groups in total. The number of nitrogens with zero attached hydrogens (tertiary/aromatic N) is 1. The molecule has 1 aliphatic heterocycles. The minimum absolute atomic E-state index is 0.865. The summed E-state index contributed by atoms with van der Waals surface area (Å²) in [5.41, 5.74) is 4.45. The summed E-state index contributed by atoms with van der Waals surface area (Å²) in [6, 6.07) is 18.0. The lowest BCUT2D eigenvalue weighted by Gasteiger charge is -2.21. The first kappa shape index (κ1) is 11.1. The highest BCUT2D eigenvalue weighted by atomic mass is 16.5. The topological polar surface area (TPSA) is 24.5 Å². The molecule has 18 heavy (non-hydrogen) atoms. The molecule has 0 unspecified atom stereocenters. The van der Waals surface area contributed by atoms with Crippen molar-refractivity contribution in [1.29, 1.82) is 0 Å². The summed E-state index contributed by atoms with van der Waals surface area (Å²) in [5, 5.41) is 2.15. The molecule has 1 fully saturated rings. The minimum Gasteiger partial charge on any atom is -0.455 e. The molecule has 0 bridgehead atoms. The van der Waals surface area contributed by atoms with Crippen LogP contribution in [0.15, 0.2) is 54.6 Å². The van der Waals surface area contributed by atoms with Gasteiger partial charge in [-0.3, -0.25) is 0 Å². The van der Waals surface area contributed by atoms with E-state index in [1.165, 1.54) is 6.42 Å². The van der Waals surface area contributed by atoms with Gasteiger partial charge in [-0.05, 0) is 30.7 Å². The SMILES string of the molecule is c1ccc(Oc2ccccc2N2CCCN2)cc1. The van der Waals surface area contributed by atoms with Gasteiger partial charge in [0.1, 0.15) is 5.75 Å². The fraction of sp³-hybridized carbons (Fsp3) is 0.200. The normalized spacial score (nSPS) is 14.8. The first-order chi connectivity index (χ1) is 8.93. The van der Waals surface area contributed by atoms with Crippen molar-refractivity contribution in [2.45, 2.75) is 6.42 Å². The molecule has 0 amide bonds. The zero-order valence-corrected chi connectivity index (χ0v) is 10.2. The van der Waals surface area contributed by atoms with Crippen molar-refractivity contribution in [3.63, 3.8) is 0 Å². The molecule has 0 spiro atoms. The molecule has 0 aliphatic carbocycles. The standard InChI is InChI=1S/C15H16N2O/c1-2-7-13(8-3-1)18-15-10-5-4-9-14(15)17-12-6-11-16-17/h1-5,7-10,16H,6,11-12H2. The van der Waals surface area contributed by atoms with E-state index < -0.39 is 0 Å². The summed E-state index contributed by atoms with van der Waals surface area (Å²) in [6.45, 7) is 2.05. The van der Waals surface area contributed by atoms with Crippen LogP contribution in [0.25, 0.3) is 0 Å². The van der Waals surface area contributed by atoms with Crippen LogP contribution in [-0.4, -0.2) is 13.1 Å². The highest BCUT2D eigenvalue weighted by Gasteiger charge is 2.15. The Kier molecular flexibility index (Phi) is 3.15. The molecular weight excluding hydrogens is 224 g/mol. The van der Waals surface area contributed by atoms with E-state index in [0.717, 1.165) is 30.3 Å². The first-order valence-corrected chi connectivity index (χ1v) is 6.26. The fourth-order valence-corrected chi connectivity index (χ4v) is 2.12. The van der Waals surface area contributed by atoms with Crippen LogP contribution in [0.1, 0.15) is 6.42 Å². The van der Waals surface area contributed by atoms with Crippen LogP contribution in [0.3, 0.4) is 0 Å². The third-order valence-corrected chi connectivity index (χ3v) is 2.99. The second kappa shape index (κ2) is 5.10. The van der Waals surface area contributed by atoms with Gasteiger partial charge in [0.25, 0.3) is 0 Å². The number of benzene rings is 2. The molecule has 2 aromatic carbocycles. The van der Waals surface area contributed by atoms with Crippen LogP contribution < -0.4 is 15.2 Å². The van der Waals surface area contributed by atoms with Crippen LogP contribution in [0.4, 0.5) is 5.69 Å². The Morgan fingerprint density at radius 2 is 1.72 bits per heavy atom. The van der Waals surface area contributed by atoms with Crippen molar-refractivity contribution in [1.82, 2.24) is 5.43 Å². The number of hydrogen-bond acceptors (Lipinski definition) is 3. The summed E-state index contributed by atoms with van der Waals surface area (Å²) >= 11 is 0. The third-order valence-electron chi connectivity index (χ3n) is 2.99. The van der Waals surface area contributed by atoms with Crippen LogP contribution in [0.5, 0.6) is 11.5 Å². The Balaban J connectivity index is 1.87. The highest BCUT2D eigenvalue weighted by Crippen LogP contribution is 2.32. The summed E-state index contributed by atoms with van der Waals surface area (Å²) in [6.07, 6.45) is 1.17. The molecule has 3 nitrogen and oxygen atoms in total. The smallest absolute Gasteiger partial charge is 0.152 e. The molecular formula is C15H16N2O. The van der Waals surface area contributed by atoms with E-state index in [4.69, 9.17) is 4.74 Å². The molecule has 0 aromatic heterocycles. The molecule has 0 radical (unpaired) electrons. The Labute approximate surface area is 107 Å². The van der Waals surface area contributed by atoms with Crippen molar-refractivity contribution in [2.24, 2.45) is 0 Å². The van der Waals surface area contributed by atoms with Gasteiger partial charge >= 0.3 is 0 Å². The lowest BCUT2D eigenvalue weighted by atomic mass is 10.2. The summed E-state index contributed by atoms with van der Waals surface area (Å²) < 4.78 is 5.94. The number of rotatable bonds is 3. The van der Waals surface area contributed by atoms with E-state index in [2.05, 4.69) is 16.5 Å². The third kappa shape index (κ3) is 2.31. The monoisotopic (exact) mass is 240 g/mol. The highest BCUT2D eigenvalue weighted by molar-refractivity contribution is 5.59. The van der Waals surface area contributed by atoms with Crippen molar-refractivity contribution in [2.75, 3.05) is 18.1 Å². The van der Waals surface area contributed by atoms with E-state index in [0.29, 0.717) is 0 Å². The molecule has 0 saturated carbocycles. The maximum absolute atomic E-state index is 5.94.